The number of hydrogen-bond acceptors (Lipinski definition) is 4. The van der Waals surface area contributed by atoms with Crippen molar-refractivity contribution in [3.8, 4) is 17.1 Å². The van der Waals surface area contributed by atoms with Crippen LogP contribution in [0.2, 0.25) is 10.0 Å². The molecule has 3 aromatic rings. The fourth-order valence-corrected chi connectivity index (χ4v) is 4.84. The molecule has 0 aliphatic carbocycles. The normalized spacial score (nSPS) is 11.0. The van der Waals surface area contributed by atoms with Gasteiger partial charge in [-0.2, -0.15) is 0 Å². The Labute approximate surface area is 210 Å². The Hall–Kier alpha value is -2.02. The minimum Gasteiger partial charge on any atom is -0.343 e. The lowest BCUT2D eigenvalue weighted by Gasteiger charge is -2.21. The standard InChI is InChI=1S/C25H30Cl2N4OS/c1-3-15-30(16-4-2)23(32)12-8-9-17-33-25-29-28-24(19-10-6-5-7-11-19)31(25)20-13-14-21(26)22(27)18-20/h5-7,10-11,13-14,18H,3-4,8-9,12,15-17H2,1-2H3. The highest BCUT2D eigenvalue weighted by molar-refractivity contribution is 7.99. The van der Waals surface area contributed by atoms with Gasteiger partial charge >= 0.3 is 0 Å². The molecule has 0 radical (unpaired) electrons. The van der Waals surface area contributed by atoms with E-state index in [0.717, 1.165) is 66.8 Å². The minimum atomic E-state index is 0.258. The van der Waals surface area contributed by atoms with Gasteiger partial charge in [-0.3, -0.25) is 9.36 Å². The third-order valence-electron chi connectivity index (χ3n) is 5.18. The van der Waals surface area contributed by atoms with Gasteiger partial charge in [0.05, 0.1) is 15.7 Å². The predicted octanol–water partition coefficient (Wildman–Crippen LogP) is 7.15. The van der Waals surface area contributed by atoms with Gasteiger partial charge in [-0.1, -0.05) is 79.1 Å². The molecule has 0 saturated carbocycles. The number of halogens is 2. The number of hydrogen-bond donors (Lipinski definition) is 0. The maximum atomic E-state index is 12.5. The number of benzene rings is 2. The van der Waals surface area contributed by atoms with Crippen molar-refractivity contribution in [2.24, 2.45) is 0 Å². The Bertz CT molecular complexity index is 1040. The molecule has 0 spiro atoms. The van der Waals surface area contributed by atoms with E-state index in [2.05, 4.69) is 24.0 Å². The van der Waals surface area contributed by atoms with Gasteiger partial charge in [0.1, 0.15) is 0 Å². The molecule has 0 N–H and O–H groups in total. The van der Waals surface area contributed by atoms with Crippen molar-refractivity contribution in [1.82, 2.24) is 19.7 Å². The van der Waals surface area contributed by atoms with Crippen molar-refractivity contribution in [2.75, 3.05) is 18.8 Å². The van der Waals surface area contributed by atoms with Crippen LogP contribution in [0, 0.1) is 0 Å². The van der Waals surface area contributed by atoms with Crippen molar-refractivity contribution in [3.05, 3.63) is 58.6 Å². The summed E-state index contributed by atoms with van der Waals surface area (Å²) in [4.78, 5) is 14.5. The Kier molecular flexibility index (Phi) is 10.1. The van der Waals surface area contributed by atoms with E-state index in [-0.39, 0.29) is 5.91 Å². The quantitative estimate of drug-likeness (QED) is 0.194. The first-order valence-corrected chi connectivity index (χ1v) is 13.2. The Balaban J connectivity index is 1.69. The smallest absolute Gasteiger partial charge is 0.222 e. The van der Waals surface area contributed by atoms with Crippen LogP contribution in [-0.4, -0.2) is 44.4 Å². The Morgan fingerprint density at radius 1 is 0.970 bits per heavy atom. The summed E-state index contributed by atoms with van der Waals surface area (Å²) in [5.41, 5.74) is 1.83. The molecule has 33 heavy (non-hydrogen) atoms. The molecule has 3 rings (SSSR count). The summed E-state index contributed by atoms with van der Waals surface area (Å²) in [6.07, 6.45) is 4.38. The fourth-order valence-electron chi connectivity index (χ4n) is 3.60. The van der Waals surface area contributed by atoms with Crippen molar-refractivity contribution in [3.63, 3.8) is 0 Å². The highest BCUT2D eigenvalue weighted by Gasteiger charge is 2.17. The maximum absolute atomic E-state index is 12.5. The van der Waals surface area contributed by atoms with E-state index in [0.29, 0.717) is 16.5 Å². The highest BCUT2D eigenvalue weighted by Crippen LogP contribution is 2.31. The van der Waals surface area contributed by atoms with E-state index in [1.54, 1.807) is 17.8 Å². The predicted molar refractivity (Wildman–Crippen MR) is 139 cm³/mol. The van der Waals surface area contributed by atoms with Crippen LogP contribution in [0.15, 0.2) is 53.7 Å². The molecule has 0 atom stereocenters. The molecule has 0 aliphatic rings. The summed E-state index contributed by atoms with van der Waals surface area (Å²) < 4.78 is 2.01. The van der Waals surface area contributed by atoms with Crippen LogP contribution < -0.4 is 0 Å². The van der Waals surface area contributed by atoms with E-state index in [1.807, 2.05) is 51.9 Å². The van der Waals surface area contributed by atoms with E-state index in [4.69, 9.17) is 23.2 Å². The maximum Gasteiger partial charge on any atom is 0.222 e. The van der Waals surface area contributed by atoms with Crippen molar-refractivity contribution in [1.29, 1.82) is 0 Å². The molecule has 0 fully saturated rings. The van der Waals surface area contributed by atoms with Crippen LogP contribution in [-0.2, 0) is 4.79 Å². The van der Waals surface area contributed by atoms with E-state index < -0.39 is 0 Å². The summed E-state index contributed by atoms with van der Waals surface area (Å²) in [6.45, 7) is 5.91. The number of unbranched alkanes of at least 4 members (excludes halogenated alkanes) is 1. The van der Waals surface area contributed by atoms with E-state index in [1.165, 1.54) is 0 Å². The molecule has 8 heteroatoms. The molecule has 1 aromatic heterocycles. The minimum absolute atomic E-state index is 0.258. The molecule has 5 nitrogen and oxygen atoms in total. The topological polar surface area (TPSA) is 51.0 Å². The highest BCUT2D eigenvalue weighted by atomic mass is 35.5. The monoisotopic (exact) mass is 504 g/mol. The number of carbonyl (C=O) groups excluding carboxylic acids is 1. The molecule has 0 saturated heterocycles. The van der Waals surface area contributed by atoms with Gasteiger partial charge in [-0.05, 0) is 43.9 Å². The zero-order valence-electron chi connectivity index (χ0n) is 19.1. The largest absolute Gasteiger partial charge is 0.343 e. The first-order valence-electron chi connectivity index (χ1n) is 11.4. The summed E-state index contributed by atoms with van der Waals surface area (Å²) in [5, 5.41) is 10.7. The van der Waals surface area contributed by atoms with E-state index >= 15 is 0 Å². The van der Waals surface area contributed by atoms with Crippen LogP contribution in [0.25, 0.3) is 17.1 Å². The van der Waals surface area contributed by atoms with Crippen molar-refractivity contribution in [2.45, 2.75) is 51.1 Å². The number of thioether (sulfide) groups is 1. The summed E-state index contributed by atoms with van der Waals surface area (Å²) >= 11 is 14.1. The lowest BCUT2D eigenvalue weighted by atomic mass is 10.2. The number of nitrogens with zero attached hydrogens (tertiary/aromatic N) is 4. The van der Waals surface area contributed by atoms with Crippen LogP contribution in [0.5, 0.6) is 0 Å². The number of amides is 1. The molecular weight excluding hydrogens is 475 g/mol. The number of carbonyl (C=O) groups is 1. The first kappa shape index (κ1) is 25.6. The molecule has 1 heterocycles. The second kappa shape index (κ2) is 13.0. The molecule has 2 aromatic carbocycles. The average Bonchev–Trinajstić information content (AvgIpc) is 3.25. The summed E-state index contributed by atoms with van der Waals surface area (Å²) in [5.74, 6) is 1.86. The second-order valence-electron chi connectivity index (χ2n) is 7.79. The molecule has 0 bridgehead atoms. The third kappa shape index (κ3) is 6.98. The lowest BCUT2D eigenvalue weighted by molar-refractivity contribution is -0.131. The Morgan fingerprint density at radius 2 is 1.70 bits per heavy atom. The molecular formula is C25H30Cl2N4OS. The number of rotatable bonds is 12. The van der Waals surface area contributed by atoms with Gasteiger partial charge in [0.15, 0.2) is 11.0 Å². The van der Waals surface area contributed by atoms with Gasteiger partial charge in [-0.25, -0.2) is 0 Å². The van der Waals surface area contributed by atoms with Crippen LogP contribution in [0.4, 0.5) is 0 Å². The second-order valence-corrected chi connectivity index (χ2v) is 9.67. The molecule has 1 amide bonds. The Morgan fingerprint density at radius 3 is 2.36 bits per heavy atom. The lowest BCUT2D eigenvalue weighted by Crippen LogP contribution is -2.32. The van der Waals surface area contributed by atoms with Crippen LogP contribution in [0.3, 0.4) is 0 Å². The summed E-state index contributed by atoms with van der Waals surface area (Å²) in [7, 11) is 0. The van der Waals surface area contributed by atoms with Crippen LogP contribution in [0.1, 0.15) is 46.0 Å². The average molecular weight is 506 g/mol. The molecule has 0 aliphatic heterocycles. The van der Waals surface area contributed by atoms with E-state index in [9.17, 15) is 4.79 Å². The summed E-state index contributed by atoms with van der Waals surface area (Å²) in [6, 6.07) is 15.5. The van der Waals surface area contributed by atoms with Gasteiger partial charge in [0.2, 0.25) is 5.91 Å². The van der Waals surface area contributed by atoms with Crippen molar-refractivity contribution >= 4 is 40.9 Å². The number of aromatic nitrogens is 3. The first-order chi connectivity index (χ1) is 16.0. The van der Waals surface area contributed by atoms with Crippen LogP contribution >= 0.6 is 35.0 Å². The van der Waals surface area contributed by atoms with Crippen molar-refractivity contribution < 1.29 is 4.79 Å². The van der Waals surface area contributed by atoms with Gasteiger partial charge in [0.25, 0.3) is 0 Å². The van der Waals surface area contributed by atoms with Gasteiger partial charge < -0.3 is 4.90 Å². The van der Waals surface area contributed by atoms with Gasteiger partial charge in [-0.15, -0.1) is 10.2 Å². The fraction of sp³-hybridized carbons (Fsp3) is 0.400. The zero-order valence-corrected chi connectivity index (χ0v) is 21.5. The SMILES string of the molecule is CCCN(CCC)C(=O)CCCCSc1nnc(-c2ccccc2)n1-c1ccc(Cl)c(Cl)c1. The van der Waals surface area contributed by atoms with Gasteiger partial charge in [0, 0.05) is 30.8 Å². The molecule has 0 unspecified atom stereocenters. The zero-order chi connectivity index (χ0) is 23.6. The third-order valence-corrected chi connectivity index (χ3v) is 6.94. The molecule has 176 valence electrons.